The zero-order valence-corrected chi connectivity index (χ0v) is 25.2. The monoisotopic (exact) mass is 551 g/mol. The first kappa shape index (κ1) is 32.7. The molecule has 0 spiro atoms. The molecule has 0 heterocycles. The highest BCUT2D eigenvalue weighted by Crippen LogP contribution is 2.64. The quantitative estimate of drug-likeness (QED) is 0.210. The summed E-state index contributed by atoms with van der Waals surface area (Å²) in [7, 11) is -7.38. The molecule has 0 bridgehead atoms. The van der Waals surface area contributed by atoms with E-state index in [4.69, 9.17) is 18.2 Å². The molecule has 0 saturated heterocycles. The maximum atomic E-state index is 15.7. The maximum Gasteiger partial charge on any atom is 0.407 e. The molecular formula is C25H44F2NO6PSi. The Labute approximate surface area is 216 Å². The third-order valence-corrected chi connectivity index (χ3v) is 12.5. The third-order valence-electron chi connectivity index (χ3n) is 5.89. The Morgan fingerprint density at radius 3 is 1.92 bits per heavy atom. The SMILES string of the molecule is CCOP(=O)(OCC)C(F)(F)C[C@@H](NC(=O)OC(C)(C)C)[C@@H](O[Si](C)(C)C(C)(C)C)c1ccccc1. The van der Waals surface area contributed by atoms with Crippen LogP contribution in [0.1, 0.15) is 73.5 Å². The lowest BCUT2D eigenvalue weighted by atomic mass is 10.00. The molecular weight excluding hydrogens is 507 g/mol. The summed E-state index contributed by atoms with van der Waals surface area (Å²) in [6.07, 6.45) is -2.90. The maximum absolute atomic E-state index is 15.7. The molecule has 11 heteroatoms. The van der Waals surface area contributed by atoms with Crippen LogP contribution in [-0.2, 0) is 22.8 Å². The second kappa shape index (κ2) is 12.5. The molecule has 0 unspecified atom stereocenters. The number of carbonyl (C=O) groups excluding carboxylic acids is 1. The van der Waals surface area contributed by atoms with E-state index in [9.17, 15) is 9.36 Å². The van der Waals surface area contributed by atoms with Crippen molar-refractivity contribution >= 4 is 22.0 Å². The van der Waals surface area contributed by atoms with Gasteiger partial charge in [-0.1, -0.05) is 51.1 Å². The summed E-state index contributed by atoms with van der Waals surface area (Å²) in [5.41, 5.74) is -4.17. The van der Waals surface area contributed by atoms with E-state index < -0.39 is 51.8 Å². The van der Waals surface area contributed by atoms with Gasteiger partial charge in [0.05, 0.1) is 25.4 Å². The van der Waals surface area contributed by atoms with Gasteiger partial charge in [0.25, 0.3) is 0 Å². The predicted molar refractivity (Wildman–Crippen MR) is 141 cm³/mol. The van der Waals surface area contributed by atoms with Crippen molar-refractivity contribution in [2.75, 3.05) is 13.2 Å². The average molecular weight is 552 g/mol. The van der Waals surface area contributed by atoms with E-state index in [1.807, 2.05) is 33.9 Å². The van der Waals surface area contributed by atoms with Crippen molar-refractivity contribution in [3.63, 3.8) is 0 Å². The first-order valence-corrected chi connectivity index (χ1v) is 16.7. The van der Waals surface area contributed by atoms with Crippen LogP contribution < -0.4 is 5.32 Å². The molecule has 0 radical (unpaired) electrons. The Kier molecular flexibility index (Phi) is 11.3. The molecule has 1 N–H and O–H groups in total. The number of ether oxygens (including phenoxy) is 1. The van der Waals surface area contributed by atoms with Gasteiger partial charge in [0, 0.05) is 6.42 Å². The summed E-state index contributed by atoms with van der Waals surface area (Å²) in [6.45, 7) is 17.6. The van der Waals surface area contributed by atoms with Crippen LogP contribution in [0.25, 0.3) is 0 Å². The zero-order valence-electron chi connectivity index (χ0n) is 23.3. The Morgan fingerprint density at radius 1 is 1.00 bits per heavy atom. The largest absolute Gasteiger partial charge is 0.444 e. The number of nitrogens with one attached hydrogen (secondary N) is 1. The summed E-state index contributed by atoms with van der Waals surface area (Å²) in [4.78, 5) is 12.8. The van der Waals surface area contributed by atoms with Gasteiger partial charge in [-0.2, -0.15) is 8.78 Å². The van der Waals surface area contributed by atoms with Crippen molar-refractivity contribution < 1.29 is 36.4 Å². The van der Waals surface area contributed by atoms with E-state index in [-0.39, 0.29) is 18.3 Å². The van der Waals surface area contributed by atoms with Gasteiger partial charge in [-0.15, -0.1) is 0 Å². The minimum Gasteiger partial charge on any atom is -0.444 e. The summed E-state index contributed by atoms with van der Waals surface area (Å²) in [5, 5.41) is 2.34. The smallest absolute Gasteiger partial charge is 0.407 e. The van der Waals surface area contributed by atoms with Crippen LogP contribution in [0.3, 0.4) is 0 Å². The number of hydrogen-bond acceptors (Lipinski definition) is 6. The van der Waals surface area contributed by atoms with Gasteiger partial charge < -0.3 is 23.5 Å². The van der Waals surface area contributed by atoms with Crippen molar-refractivity contribution in [3.05, 3.63) is 35.9 Å². The molecule has 0 aliphatic carbocycles. The lowest BCUT2D eigenvalue weighted by Crippen LogP contribution is -2.50. The highest BCUT2D eigenvalue weighted by Gasteiger charge is 2.56. The standard InChI is InChI=1S/C25H44F2NO6PSi/c1-11-31-35(30,32-12-2)25(26,27)18-20(28-22(29)33-23(3,4)5)21(19-16-14-13-15-17-19)34-36(9,10)24(6,7)8/h13-17,20-21H,11-12,18H2,1-10H3,(H,28,29)/t20-,21+/m1/s1. The number of hydrogen-bond donors (Lipinski definition) is 1. The van der Waals surface area contributed by atoms with Gasteiger partial charge in [-0.3, -0.25) is 4.57 Å². The van der Waals surface area contributed by atoms with Crippen molar-refractivity contribution in [3.8, 4) is 0 Å². The number of halogens is 2. The van der Waals surface area contributed by atoms with Crippen LogP contribution in [0.4, 0.5) is 13.6 Å². The minimum atomic E-state index is -4.85. The second-order valence-corrected chi connectivity index (χ2v) is 18.1. The van der Waals surface area contributed by atoms with Crippen molar-refractivity contribution in [2.24, 2.45) is 0 Å². The van der Waals surface area contributed by atoms with Crippen LogP contribution in [0.15, 0.2) is 30.3 Å². The van der Waals surface area contributed by atoms with Gasteiger partial charge >= 0.3 is 19.4 Å². The Hall–Kier alpha value is -1.32. The van der Waals surface area contributed by atoms with Crippen molar-refractivity contribution in [1.82, 2.24) is 5.32 Å². The molecule has 36 heavy (non-hydrogen) atoms. The molecule has 2 atom stereocenters. The summed E-state index contributed by atoms with van der Waals surface area (Å²) < 4.78 is 66.4. The number of alkyl halides is 2. The fourth-order valence-electron chi connectivity index (χ4n) is 3.15. The summed E-state index contributed by atoms with van der Waals surface area (Å²) in [6, 6.07) is 7.54. The molecule has 1 rings (SSSR count). The first-order chi connectivity index (χ1) is 16.3. The number of carbonyl (C=O) groups is 1. The van der Waals surface area contributed by atoms with E-state index in [0.29, 0.717) is 5.56 Å². The van der Waals surface area contributed by atoms with Crippen molar-refractivity contribution in [2.45, 2.75) is 103 Å². The van der Waals surface area contributed by atoms with E-state index in [1.165, 1.54) is 13.8 Å². The molecule has 7 nitrogen and oxygen atoms in total. The second-order valence-electron chi connectivity index (χ2n) is 11.2. The van der Waals surface area contributed by atoms with Crippen LogP contribution in [-0.4, -0.2) is 44.9 Å². The normalized spacial score (nSPS) is 15.3. The molecule has 1 aromatic carbocycles. The van der Waals surface area contributed by atoms with Crippen molar-refractivity contribution in [1.29, 1.82) is 0 Å². The van der Waals surface area contributed by atoms with Gasteiger partial charge in [0.2, 0.25) is 0 Å². The minimum absolute atomic E-state index is 0.223. The van der Waals surface area contributed by atoms with Crippen LogP contribution in [0, 0.1) is 0 Å². The lowest BCUT2D eigenvalue weighted by molar-refractivity contribution is -0.000365. The Morgan fingerprint density at radius 2 is 1.50 bits per heavy atom. The Bertz CT molecular complexity index is 877. The number of rotatable bonds is 12. The molecule has 0 saturated carbocycles. The summed E-state index contributed by atoms with van der Waals surface area (Å²) in [5.74, 6) is 0. The van der Waals surface area contributed by atoms with Gasteiger partial charge in [-0.25, -0.2) is 4.79 Å². The van der Waals surface area contributed by atoms with Crippen LogP contribution in [0.5, 0.6) is 0 Å². The highest BCUT2D eigenvalue weighted by atomic mass is 31.2. The van der Waals surface area contributed by atoms with Gasteiger partial charge in [0.15, 0.2) is 8.32 Å². The van der Waals surface area contributed by atoms with E-state index in [2.05, 4.69) is 5.32 Å². The lowest BCUT2D eigenvalue weighted by Gasteiger charge is -2.42. The average Bonchev–Trinajstić information content (AvgIpc) is 2.70. The predicted octanol–water partition coefficient (Wildman–Crippen LogP) is 7.89. The molecule has 0 aliphatic rings. The van der Waals surface area contributed by atoms with Gasteiger partial charge in [0.1, 0.15) is 5.60 Å². The molecule has 1 aromatic rings. The third kappa shape index (κ3) is 9.21. The molecule has 0 aromatic heterocycles. The number of amides is 1. The van der Waals surface area contributed by atoms with E-state index in [0.717, 1.165) is 0 Å². The highest BCUT2D eigenvalue weighted by molar-refractivity contribution is 7.55. The fraction of sp³-hybridized carbons (Fsp3) is 0.720. The molecule has 0 fully saturated rings. The Balaban J connectivity index is 3.61. The van der Waals surface area contributed by atoms with Crippen LogP contribution in [0.2, 0.25) is 18.1 Å². The molecule has 1 amide bonds. The first-order valence-electron chi connectivity index (χ1n) is 12.3. The van der Waals surface area contributed by atoms with E-state index in [1.54, 1.807) is 51.1 Å². The number of benzene rings is 1. The topological polar surface area (TPSA) is 83.1 Å². The zero-order chi connectivity index (χ0) is 28.0. The van der Waals surface area contributed by atoms with E-state index >= 15 is 8.78 Å². The molecule has 0 aliphatic heterocycles. The number of alkyl carbamates (subject to hydrolysis) is 1. The van der Waals surface area contributed by atoms with Gasteiger partial charge in [-0.05, 0) is 58.3 Å². The van der Waals surface area contributed by atoms with Crippen LogP contribution >= 0.6 is 7.60 Å². The summed E-state index contributed by atoms with van der Waals surface area (Å²) >= 11 is 0. The molecule has 208 valence electrons. The fourth-order valence-corrected chi connectivity index (χ4v) is 6.00.